The van der Waals surface area contributed by atoms with Crippen LogP contribution in [0.2, 0.25) is 5.02 Å². The van der Waals surface area contributed by atoms with Gasteiger partial charge >= 0.3 is 0 Å². The first-order valence-corrected chi connectivity index (χ1v) is 12.9. The van der Waals surface area contributed by atoms with Crippen molar-refractivity contribution in [3.63, 3.8) is 0 Å². The summed E-state index contributed by atoms with van der Waals surface area (Å²) < 4.78 is 13.5. The number of anilines is 3. The number of rotatable bonds is 5. The molecule has 3 aromatic heterocycles. The van der Waals surface area contributed by atoms with Gasteiger partial charge in [-0.05, 0) is 24.3 Å². The molecule has 1 spiro atoms. The van der Waals surface area contributed by atoms with Gasteiger partial charge in [0, 0.05) is 38.0 Å². The molecule has 6 heterocycles. The molecular formula is C27H26ClN7O3. The molecule has 38 heavy (non-hydrogen) atoms. The van der Waals surface area contributed by atoms with E-state index in [-0.39, 0.29) is 23.4 Å². The molecule has 3 aliphatic heterocycles. The van der Waals surface area contributed by atoms with Gasteiger partial charge in [0.1, 0.15) is 17.1 Å². The third-order valence-corrected chi connectivity index (χ3v) is 8.36. The number of nitrogens with zero attached hydrogens (tertiary/aromatic N) is 6. The van der Waals surface area contributed by atoms with Gasteiger partial charge < -0.3 is 24.6 Å². The number of amides is 1. The van der Waals surface area contributed by atoms with E-state index in [1.165, 1.54) is 0 Å². The number of hydrogen-bond donors (Lipinski definition) is 1. The van der Waals surface area contributed by atoms with E-state index in [2.05, 4.69) is 26.3 Å². The van der Waals surface area contributed by atoms with Crippen LogP contribution in [0.25, 0.3) is 17.0 Å². The van der Waals surface area contributed by atoms with Crippen molar-refractivity contribution in [1.29, 1.82) is 0 Å². The number of pyridine rings is 1. The van der Waals surface area contributed by atoms with Crippen molar-refractivity contribution in [1.82, 2.24) is 24.3 Å². The molecule has 1 N–H and O–H groups in total. The van der Waals surface area contributed by atoms with Gasteiger partial charge in [-0.25, -0.2) is 15.0 Å². The molecule has 7 rings (SSSR count). The summed E-state index contributed by atoms with van der Waals surface area (Å²) in [6, 6.07) is 12.2. The summed E-state index contributed by atoms with van der Waals surface area (Å²) in [6.45, 7) is 4.59. The van der Waals surface area contributed by atoms with Gasteiger partial charge in [-0.2, -0.15) is 0 Å². The highest BCUT2D eigenvalue weighted by atomic mass is 35.5. The van der Waals surface area contributed by atoms with Crippen LogP contribution in [0.15, 0.2) is 55.0 Å². The molecular weight excluding hydrogens is 506 g/mol. The van der Waals surface area contributed by atoms with Crippen LogP contribution < -0.4 is 15.0 Å². The Kier molecular flexibility index (Phi) is 5.24. The van der Waals surface area contributed by atoms with Gasteiger partial charge in [-0.15, -0.1) is 0 Å². The van der Waals surface area contributed by atoms with E-state index in [4.69, 9.17) is 26.1 Å². The maximum atomic E-state index is 12.3. The second-order valence-corrected chi connectivity index (χ2v) is 10.5. The molecule has 3 saturated heterocycles. The minimum absolute atomic E-state index is 0.0151. The first kappa shape index (κ1) is 23.2. The Balaban J connectivity index is 1.16. The minimum Gasteiger partial charge on any atom is -0.494 e. The second kappa shape index (κ2) is 8.57. The number of imidazole rings is 1. The van der Waals surface area contributed by atoms with Crippen LogP contribution in [0, 0.1) is 5.41 Å². The van der Waals surface area contributed by atoms with Crippen molar-refractivity contribution >= 4 is 40.5 Å². The highest BCUT2D eigenvalue weighted by Gasteiger charge is 2.68. The van der Waals surface area contributed by atoms with Crippen molar-refractivity contribution < 1.29 is 14.3 Å². The van der Waals surface area contributed by atoms with Crippen LogP contribution in [-0.2, 0) is 9.53 Å². The van der Waals surface area contributed by atoms with Gasteiger partial charge in [-0.3, -0.25) is 9.20 Å². The van der Waals surface area contributed by atoms with Gasteiger partial charge in [0.15, 0.2) is 0 Å². The SMILES string of the molecule is COc1cc(N2CC3N(C(C)=O)C4COCC43C2)ccc1Nc1ncc(Cl)c(-c2cnc3ccccn23)n1. The predicted octanol–water partition coefficient (Wildman–Crippen LogP) is 3.63. The van der Waals surface area contributed by atoms with Crippen LogP contribution in [0.5, 0.6) is 5.75 Å². The standard InChI is InChI=1S/C27H26ClN7O3/c1-16(36)35-22-12-33(14-27(22)15-38-13-23(27)35)17-6-7-19(21(9-17)37-2)31-26-30-10-18(28)25(32-26)20-11-29-24-5-3-4-8-34(20)24/h3-11,22-23H,12-15H2,1-2H3,(H,30,31,32). The van der Waals surface area contributed by atoms with Crippen LogP contribution in [-0.4, -0.2) is 75.7 Å². The van der Waals surface area contributed by atoms with E-state index < -0.39 is 0 Å². The molecule has 4 aromatic rings. The lowest BCUT2D eigenvalue weighted by Gasteiger charge is -2.55. The first-order chi connectivity index (χ1) is 18.5. The number of benzene rings is 1. The fourth-order valence-corrected chi connectivity index (χ4v) is 6.50. The number of hydrogen-bond acceptors (Lipinski definition) is 8. The third-order valence-electron chi connectivity index (χ3n) is 8.09. The number of halogens is 1. The molecule has 0 bridgehead atoms. The van der Waals surface area contributed by atoms with Crippen LogP contribution in [0.3, 0.4) is 0 Å². The molecule has 10 nitrogen and oxygen atoms in total. The summed E-state index contributed by atoms with van der Waals surface area (Å²) >= 11 is 6.48. The van der Waals surface area contributed by atoms with Crippen LogP contribution in [0.1, 0.15) is 6.92 Å². The Morgan fingerprint density at radius 2 is 2.11 bits per heavy atom. The van der Waals surface area contributed by atoms with E-state index in [0.29, 0.717) is 35.6 Å². The first-order valence-electron chi connectivity index (χ1n) is 12.5. The summed E-state index contributed by atoms with van der Waals surface area (Å²) in [7, 11) is 1.64. The summed E-state index contributed by atoms with van der Waals surface area (Å²) in [5, 5.41) is 3.71. The van der Waals surface area contributed by atoms with E-state index in [0.717, 1.165) is 35.8 Å². The number of fused-ring (bicyclic) bond motifs is 1. The fourth-order valence-electron chi connectivity index (χ4n) is 6.32. The normalized spacial score (nSPS) is 23.8. The van der Waals surface area contributed by atoms with Crippen molar-refractivity contribution in [2.45, 2.75) is 19.0 Å². The van der Waals surface area contributed by atoms with Gasteiger partial charge in [0.25, 0.3) is 0 Å². The Morgan fingerprint density at radius 3 is 2.95 bits per heavy atom. The Labute approximate surface area is 224 Å². The molecule has 194 valence electrons. The summed E-state index contributed by atoms with van der Waals surface area (Å²) in [5.41, 5.74) is 3.94. The van der Waals surface area contributed by atoms with Gasteiger partial charge in [-0.1, -0.05) is 17.7 Å². The van der Waals surface area contributed by atoms with Crippen molar-refractivity contribution in [2.75, 3.05) is 43.6 Å². The number of likely N-dealkylation sites (tertiary alicyclic amines) is 1. The summed E-state index contributed by atoms with van der Waals surface area (Å²) in [4.78, 5) is 30.1. The zero-order valence-corrected chi connectivity index (χ0v) is 21.7. The average molecular weight is 532 g/mol. The number of aromatic nitrogens is 4. The van der Waals surface area contributed by atoms with Gasteiger partial charge in [0.2, 0.25) is 11.9 Å². The molecule has 11 heteroatoms. The quantitative estimate of drug-likeness (QED) is 0.417. The Morgan fingerprint density at radius 1 is 1.21 bits per heavy atom. The fraction of sp³-hybridized carbons (Fsp3) is 0.333. The lowest BCUT2D eigenvalue weighted by Crippen LogP contribution is -2.71. The van der Waals surface area contributed by atoms with E-state index in [9.17, 15) is 4.79 Å². The highest BCUT2D eigenvalue weighted by molar-refractivity contribution is 6.32. The van der Waals surface area contributed by atoms with Crippen molar-refractivity contribution in [3.05, 3.63) is 60.0 Å². The van der Waals surface area contributed by atoms with E-state index in [1.807, 2.05) is 45.8 Å². The minimum atomic E-state index is 0.0151. The lowest BCUT2D eigenvalue weighted by molar-refractivity contribution is -0.154. The molecule has 0 saturated carbocycles. The number of methoxy groups -OCH3 is 1. The summed E-state index contributed by atoms with van der Waals surface area (Å²) in [5.74, 6) is 1.17. The van der Waals surface area contributed by atoms with Crippen LogP contribution in [0.4, 0.5) is 17.3 Å². The van der Waals surface area contributed by atoms with E-state index >= 15 is 0 Å². The molecule has 1 amide bonds. The zero-order chi connectivity index (χ0) is 26.0. The van der Waals surface area contributed by atoms with Crippen molar-refractivity contribution in [3.8, 4) is 17.1 Å². The predicted molar refractivity (Wildman–Crippen MR) is 143 cm³/mol. The van der Waals surface area contributed by atoms with E-state index in [1.54, 1.807) is 26.4 Å². The Hall–Kier alpha value is -3.89. The number of ether oxygens (including phenoxy) is 2. The maximum absolute atomic E-state index is 12.3. The average Bonchev–Trinajstić information content (AvgIpc) is 3.60. The monoisotopic (exact) mass is 531 g/mol. The molecule has 3 aliphatic rings. The second-order valence-electron chi connectivity index (χ2n) is 10.1. The number of carbonyl (C=O) groups excluding carboxylic acids is 1. The molecule has 3 atom stereocenters. The number of nitrogens with one attached hydrogen (secondary N) is 1. The van der Waals surface area contributed by atoms with Gasteiger partial charge in [0.05, 0.1) is 66.6 Å². The zero-order valence-electron chi connectivity index (χ0n) is 21.0. The smallest absolute Gasteiger partial charge is 0.227 e. The summed E-state index contributed by atoms with van der Waals surface area (Å²) in [6.07, 6.45) is 5.25. The molecule has 3 unspecified atom stereocenters. The maximum Gasteiger partial charge on any atom is 0.227 e. The van der Waals surface area contributed by atoms with Crippen molar-refractivity contribution in [2.24, 2.45) is 5.41 Å². The molecule has 0 radical (unpaired) electrons. The molecule has 0 aliphatic carbocycles. The van der Waals surface area contributed by atoms with Crippen LogP contribution >= 0.6 is 11.6 Å². The third kappa shape index (κ3) is 3.36. The lowest BCUT2D eigenvalue weighted by atomic mass is 9.68. The molecule has 1 aromatic carbocycles. The largest absolute Gasteiger partial charge is 0.494 e. The number of carbonyl (C=O) groups is 1. The topological polar surface area (TPSA) is 97.1 Å². The Bertz CT molecular complexity index is 1580. The highest BCUT2D eigenvalue weighted by Crippen LogP contribution is 2.53. The molecule has 3 fully saturated rings.